The fourth-order valence-corrected chi connectivity index (χ4v) is 3.02. The van der Waals surface area contributed by atoms with Gasteiger partial charge in [0.1, 0.15) is 0 Å². The van der Waals surface area contributed by atoms with Crippen LogP contribution in [0.4, 0.5) is 0 Å². The molecule has 6 heteroatoms. The average Bonchev–Trinajstić information content (AvgIpc) is 2.90. The molecule has 0 amide bonds. The molecule has 5 nitrogen and oxygen atoms in total. The molecule has 2 aromatic rings. The summed E-state index contributed by atoms with van der Waals surface area (Å²) in [6.45, 7) is 4.43. The lowest BCUT2D eigenvalue weighted by atomic mass is 9.99. The zero-order chi connectivity index (χ0) is 15.5. The Morgan fingerprint density at radius 1 is 1.24 bits per heavy atom. The monoisotopic (exact) mass is 307 g/mol. The first kappa shape index (κ1) is 15.7. The molecule has 1 atom stereocenters. The van der Waals surface area contributed by atoms with Crippen LogP contribution < -0.4 is 4.72 Å². The second-order valence-corrected chi connectivity index (χ2v) is 6.95. The van der Waals surface area contributed by atoms with Crippen LogP contribution in [-0.2, 0) is 23.6 Å². The zero-order valence-corrected chi connectivity index (χ0v) is 13.4. The molecule has 1 heterocycles. The van der Waals surface area contributed by atoms with E-state index in [-0.39, 0.29) is 11.4 Å². The van der Waals surface area contributed by atoms with Gasteiger partial charge in [-0.2, -0.15) is 5.10 Å². The quantitative estimate of drug-likeness (QED) is 0.891. The topological polar surface area (TPSA) is 64.0 Å². The Morgan fingerprint density at radius 3 is 2.43 bits per heavy atom. The van der Waals surface area contributed by atoms with E-state index in [1.54, 1.807) is 36.1 Å². The Morgan fingerprint density at radius 2 is 1.90 bits per heavy atom. The molecule has 0 saturated heterocycles. The number of nitrogens with zero attached hydrogens (tertiary/aromatic N) is 2. The van der Waals surface area contributed by atoms with Gasteiger partial charge in [-0.1, -0.05) is 26.0 Å². The molecular weight excluding hydrogens is 286 g/mol. The van der Waals surface area contributed by atoms with Crippen molar-refractivity contribution >= 4 is 10.0 Å². The first-order valence-corrected chi connectivity index (χ1v) is 8.49. The van der Waals surface area contributed by atoms with E-state index in [0.29, 0.717) is 11.6 Å². The highest BCUT2D eigenvalue weighted by Gasteiger charge is 2.14. The Bertz CT molecular complexity index is 690. The van der Waals surface area contributed by atoms with Gasteiger partial charge in [-0.3, -0.25) is 4.68 Å². The molecule has 0 aliphatic carbocycles. The van der Waals surface area contributed by atoms with Crippen molar-refractivity contribution in [2.75, 3.05) is 0 Å². The number of benzene rings is 1. The molecule has 1 aromatic heterocycles. The molecule has 0 bridgehead atoms. The summed E-state index contributed by atoms with van der Waals surface area (Å²) in [5.41, 5.74) is 1.85. The highest BCUT2D eigenvalue weighted by atomic mass is 32.2. The smallest absolute Gasteiger partial charge is 0.240 e. The molecule has 1 N–H and O–H groups in total. The first-order chi connectivity index (χ1) is 9.92. The van der Waals surface area contributed by atoms with Crippen LogP contribution in [0, 0.1) is 0 Å². The number of aryl methyl sites for hydroxylation is 1. The van der Waals surface area contributed by atoms with Crippen molar-refractivity contribution in [2.45, 2.75) is 37.6 Å². The van der Waals surface area contributed by atoms with Crippen LogP contribution in [-0.4, -0.2) is 18.2 Å². The van der Waals surface area contributed by atoms with Gasteiger partial charge in [-0.25, -0.2) is 13.1 Å². The minimum atomic E-state index is -3.50. The van der Waals surface area contributed by atoms with Crippen molar-refractivity contribution in [1.82, 2.24) is 14.5 Å². The summed E-state index contributed by atoms with van der Waals surface area (Å²) < 4.78 is 28.6. The van der Waals surface area contributed by atoms with Crippen LogP contribution in [0.3, 0.4) is 0 Å². The minimum absolute atomic E-state index is 0.191. The number of rotatable bonds is 6. The molecule has 2 rings (SSSR count). The van der Waals surface area contributed by atoms with Gasteiger partial charge in [0.15, 0.2) is 0 Å². The molecule has 0 fully saturated rings. The summed E-state index contributed by atoms with van der Waals surface area (Å²) in [7, 11) is -1.70. The molecule has 1 aromatic carbocycles. The van der Waals surface area contributed by atoms with E-state index in [1.807, 2.05) is 12.1 Å². The van der Waals surface area contributed by atoms with Crippen LogP contribution in [0.25, 0.3) is 0 Å². The predicted molar refractivity (Wildman–Crippen MR) is 82.4 cm³/mol. The van der Waals surface area contributed by atoms with E-state index in [2.05, 4.69) is 23.7 Å². The summed E-state index contributed by atoms with van der Waals surface area (Å²) in [5.74, 6) is 0.434. The van der Waals surface area contributed by atoms with Crippen molar-refractivity contribution in [2.24, 2.45) is 7.05 Å². The van der Waals surface area contributed by atoms with Gasteiger partial charge < -0.3 is 0 Å². The lowest BCUT2D eigenvalue weighted by Gasteiger charge is -2.10. The van der Waals surface area contributed by atoms with Crippen molar-refractivity contribution < 1.29 is 8.42 Å². The van der Waals surface area contributed by atoms with Gasteiger partial charge in [0.05, 0.1) is 17.1 Å². The summed E-state index contributed by atoms with van der Waals surface area (Å²) >= 11 is 0. The molecule has 114 valence electrons. The van der Waals surface area contributed by atoms with Crippen LogP contribution >= 0.6 is 0 Å². The van der Waals surface area contributed by atoms with Crippen molar-refractivity contribution in [1.29, 1.82) is 0 Å². The number of hydrogen-bond donors (Lipinski definition) is 1. The first-order valence-electron chi connectivity index (χ1n) is 7.00. The summed E-state index contributed by atoms with van der Waals surface area (Å²) in [5, 5.41) is 4.15. The van der Waals surface area contributed by atoms with Crippen molar-refractivity contribution in [3.8, 4) is 0 Å². The minimum Gasteiger partial charge on any atom is -0.276 e. The maximum absolute atomic E-state index is 12.2. The SMILES string of the molecule is CCC(C)c1ccc(S(=O)(=O)NCc2ccn(C)n2)cc1. The fourth-order valence-electron chi connectivity index (χ4n) is 2.02. The summed E-state index contributed by atoms with van der Waals surface area (Å²) in [4.78, 5) is 0.283. The highest BCUT2D eigenvalue weighted by Crippen LogP contribution is 2.20. The number of nitrogens with one attached hydrogen (secondary N) is 1. The molecule has 21 heavy (non-hydrogen) atoms. The molecule has 0 aliphatic rings. The molecular formula is C15H21N3O2S. The highest BCUT2D eigenvalue weighted by molar-refractivity contribution is 7.89. The van der Waals surface area contributed by atoms with Crippen molar-refractivity contribution in [3.05, 3.63) is 47.8 Å². The molecule has 0 aliphatic heterocycles. The van der Waals surface area contributed by atoms with E-state index in [4.69, 9.17) is 0 Å². The zero-order valence-electron chi connectivity index (χ0n) is 12.6. The van der Waals surface area contributed by atoms with E-state index in [1.165, 1.54) is 0 Å². The fraction of sp³-hybridized carbons (Fsp3) is 0.400. The number of sulfonamides is 1. The van der Waals surface area contributed by atoms with E-state index in [9.17, 15) is 8.42 Å². The molecule has 0 radical (unpaired) electrons. The van der Waals surface area contributed by atoms with E-state index < -0.39 is 10.0 Å². The predicted octanol–water partition coefficient (Wildman–Crippen LogP) is 2.41. The van der Waals surface area contributed by atoms with Crippen molar-refractivity contribution in [3.63, 3.8) is 0 Å². The summed E-state index contributed by atoms with van der Waals surface area (Å²) in [6, 6.07) is 8.85. The summed E-state index contributed by atoms with van der Waals surface area (Å²) in [6.07, 6.45) is 2.81. The van der Waals surface area contributed by atoms with Crippen LogP contribution in [0.1, 0.15) is 37.4 Å². The third-order valence-corrected chi connectivity index (χ3v) is 5.00. The second-order valence-electron chi connectivity index (χ2n) is 5.18. The van der Waals surface area contributed by atoms with E-state index in [0.717, 1.165) is 12.0 Å². The van der Waals surface area contributed by atoms with Gasteiger partial charge in [-0.05, 0) is 36.1 Å². The van der Waals surface area contributed by atoms with Gasteiger partial charge >= 0.3 is 0 Å². The van der Waals surface area contributed by atoms with Gasteiger partial charge in [0, 0.05) is 13.2 Å². The number of hydrogen-bond acceptors (Lipinski definition) is 3. The number of aromatic nitrogens is 2. The largest absolute Gasteiger partial charge is 0.276 e. The van der Waals surface area contributed by atoms with Gasteiger partial charge in [0.2, 0.25) is 10.0 Å². The maximum atomic E-state index is 12.2. The maximum Gasteiger partial charge on any atom is 0.240 e. The Hall–Kier alpha value is -1.66. The standard InChI is InChI=1S/C15H21N3O2S/c1-4-12(2)13-5-7-15(8-6-13)21(19,20)16-11-14-9-10-18(3)17-14/h5-10,12,16H,4,11H2,1-3H3. The van der Waals surface area contributed by atoms with Crippen LogP contribution in [0.2, 0.25) is 0 Å². The second kappa shape index (κ2) is 6.41. The van der Waals surface area contributed by atoms with Crippen LogP contribution in [0.15, 0.2) is 41.4 Å². The Balaban J connectivity index is 2.08. The molecule has 1 unspecified atom stereocenters. The lowest BCUT2D eigenvalue weighted by Crippen LogP contribution is -2.23. The van der Waals surface area contributed by atoms with E-state index >= 15 is 0 Å². The average molecular weight is 307 g/mol. The molecule has 0 saturated carbocycles. The Kier molecular flexibility index (Phi) is 4.80. The third kappa shape index (κ3) is 3.92. The molecule has 0 spiro atoms. The lowest BCUT2D eigenvalue weighted by molar-refractivity contribution is 0.579. The Labute approximate surface area is 126 Å². The van der Waals surface area contributed by atoms with Crippen LogP contribution in [0.5, 0.6) is 0 Å². The van der Waals surface area contributed by atoms with Gasteiger partial charge in [-0.15, -0.1) is 0 Å². The van der Waals surface area contributed by atoms with Gasteiger partial charge in [0.25, 0.3) is 0 Å². The third-order valence-electron chi connectivity index (χ3n) is 3.58. The normalized spacial score (nSPS) is 13.3.